The minimum atomic E-state index is -0.687. The summed E-state index contributed by atoms with van der Waals surface area (Å²) in [6.07, 6.45) is 2.92. The molecule has 0 saturated heterocycles. The number of ketones is 1. The van der Waals surface area contributed by atoms with Gasteiger partial charge in [-0.3, -0.25) is 9.59 Å². The number of Topliss-reactive ketones (excluding diaryl/α,β-unsaturated/α-hetero) is 1. The SMILES string of the molecule is Cc1[nH]c2ccccc2c1C(=O)C(=O)Nc1cccc(-c2cnco2)c1. The maximum absolute atomic E-state index is 12.7. The minimum absolute atomic E-state index is 0.393. The van der Waals surface area contributed by atoms with Gasteiger partial charge in [0, 0.05) is 27.8 Å². The van der Waals surface area contributed by atoms with Crippen molar-refractivity contribution in [2.24, 2.45) is 0 Å². The van der Waals surface area contributed by atoms with E-state index < -0.39 is 11.7 Å². The van der Waals surface area contributed by atoms with Crippen molar-refractivity contribution in [3.05, 3.63) is 72.4 Å². The van der Waals surface area contributed by atoms with Crippen LogP contribution in [0.5, 0.6) is 0 Å². The predicted octanol–water partition coefficient (Wildman–Crippen LogP) is 3.95. The van der Waals surface area contributed by atoms with Crippen LogP contribution in [-0.2, 0) is 4.79 Å². The Morgan fingerprint density at radius 1 is 1.12 bits per heavy atom. The Hall–Kier alpha value is -3.67. The number of oxazole rings is 1. The third kappa shape index (κ3) is 2.77. The van der Waals surface area contributed by atoms with Gasteiger partial charge in [-0.2, -0.15) is 0 Å². The summed E-state index contributed by atoms with van der Waals surface area (Å²) in [5, 5.41) is 3.40. The maximum atomic E-state index is 12.7. The predicted molar refractivity (Wildman–Crippen MR) is 97.9 cm³/mol. The van der Waals surface area contributed by atoms with Crippen molar-refractivity contribution in [3.63, 3.8) is 0 Å². The number of para-hydroxylation sites is 1. The number of rotatable bonds is 4. The molecule has 1 amide bonds. The number of aromatic nitrogens is 2. The highest BCUT2D eigenvalue weighted by atomic mass is 16.3. The van der Waals surface area contributed by atoms with E-state index in [1.807, 2.05) is 30.3 Å². The highest BCUT2D eigenvalue weighted by molar-refractivity contribution is 6.48. The second kappa shape index (κ2) is 6.33. The number of aromatic amines is 1. The summed E-state index contributed by atoms with van der Waals surface area (Å²) in [6.45, 7) is 1.78. The van der Waals surface area contributed by atoms with Crippen LogP contribution in [0, 0.1) is 6.92 Å². The highest BCUT2D eigenvalue weighted by Crippen LogP contribution is 2.24. The van der Waals surface area contributed by atoms with Gasteiger partial charge in [0.05, 0.1) is 11.8 Å². The Labute approximate surface area is 148 Å². The summed E-state index contributed by atoms with van der Waals surface area (Å²) < 4.78 is 5.25. The van der Waals surface area contributed by atoms with Gasteiger partial charge in [0.25, 0.3) is 11.7 Å². The normalized spacial score (nSPS) is 10.8. The fourth-order valence-electron chi connectivity index (χ4n) is 2.98. The molecule has 2 aromatic heterocycles. The van der Waals surface area contributed by atoms with Crippen molar-refractivity contribution in [1.29, 1.82) is 0 Å². The Kier molecular flexibility index (Phi) is 3.85. The Morgan fingerprint density at radius 3 is 2.77 bits per heavy atom. The molecule has 2 N–H and O–H groups in total. The average Bonchev–Trinajstić information content (AvgIpc) is 3.28. The first-order chi connectivity index (χ1) is 12.6. The van der Waals surface area contributed by atoms with Crippen molar-refractivity contribution in [1.82, 2.24) is 9.97 Å². The van der Waals surface area contributed by atoms with Crippen LogP contribution in [0.2, 0.25) is 0 Å². The molecule has 0 saturated carbocycles. The van der Waals surface area contributed by atoms with Gasteiger partial charge < -0.3 is 14.7 Å². The number of nitrogens with one attached hydrogen (secondary N) is 2. The first-order valence-corrected chi connectivity index (χ1v) is 8.05. The quantitative estimate of drug-likeness (QED) is 0.433. The fraction of sp³-hybridized carbons (Fsp3) is 0.0500. The molecular weight excluding hydrogens is 330 g/mol. The van der Waals surface area contributed by atoms with E-state index in [0.717, 1.165) is 16.5 Å². The van der Waals surface area contributed by atoms with Crippen molar-refractivity contribution >= 4 is 28.3 Å². The summed E-state index contributed by atoms with van der Waals surface area (Å²) in [5.74, 6) is -0.683. The molecule has 2 heterocycles. The molecule has 6 nitrogen and oxygen atoms in total. The van der Waals surface area contributed by atoms with E-state index in [1.54, 1.807) is 31.3 Å². The van der Waals surface area contributed by atoms with Crippen molar-refractivity contribution in [2.45, 2.75) is 6.92 Å². The third-order valence-electron chi connectivity index (χ3n) is 4.16. The summed E-state index contributed by atoms with van der Waals surface area (Å²) in [6, 6.07) is 14.5. The topological polar surface area (TPSA) is 88.0 Å². The highest BCUT2D eigenvalue weighted by Gasteiger charge is 2.22. The smallest absolute Gasteiger partial charge is 0.296 e. The zero-order valence-electron chi connectivity index (χ0n) is 13.9. The van der Waals surface area contributed by atoms with Gasteiger partial charge in [-0.1, -0.05) is 30.3 Å². The third-order valence-corrected chi connectivity index (χ3v) is 4.16. The van der Waals surface area contributed by atoms with Crippen molar-refractivity contribution in [2.75, 3.05) is 5.32 Å². The number of hydrogen-bond acceptors (Lipinski definition) is 4. The summed E-state index contributed by atoms with van der Waals surface area (Å²) in [7, 11) is 0. The van der Waals surface area contributed by atoms with E-state index in [0.29, 0.717) is 22.7 Å². The number of nitrogens with zero attached hydrogens (tertiary/aromatic N) is 1. The molecule has 6 heteroatoms. The summed E-state index contributed by atoms with van der Waals surface area (Å²) in [4.78, 5) is 32.2. The molecule has 4 aromatic rings. The number of amides is 1. The molecule has 2 aromatic carbocycles. The first-order valence-electron chi connectivity index (χ1n) is 8.05. The van der Waals surface area contributed by atoms with Crippen molar-refractivity contribution < 1.29 is 14.0 Å². The van der Waals surface area contributed by atoms with Crippen LogP contribution >= 0.6 is 0 Å². The van der Waals surface area contributed by atoms with Gasteiger partial charge in [0.2, 0.25) is 0 Å². The molecule has 0 spiro atoms. The van der Waals surface area contributed by atoms with Crippen LogP contribution in [0.3, 0.4) is 0 Å². The van der Waals surface area contributed by atoms with E-state index in [-0.39, 0.29) is 0 Å². The molecule has 4 rings (SSSR count). The molecule has 0 aliphatic rings. The first kappa shape index (κ1) is 15.8. The van der Waals surface area contributed by atoms with E-state index in [9.17, 15) is 9.59 Å². The second-order valence-corrected chi connectivity index (χ2v) is 5.90. The fourth-order valence-corrected chi connectivity index (χ4v) is 2.98. The second-order valence-electron chi connectivity index (χ2n) is 5.90. The van der Waals surface area contributed by atoms with Crippen LogP contribution in [0.15, 0.2) is 65.5 Å². The Bertz CT molecular complexity index is 1110. The summed E-state index contributed by atoms with van der Waals surface area (Å²) in [5.41, 5.74) is 3.16. The number of anilines is 1. The minimum Gasteiger partial charge on any atom is -0.444 e. The largest absolute Gasteiger partial charge is 0.444 e. The van der Waals surface area contributed by atoms with Gasteiger partial charge in [-0.05, 0) is 25.1 Å². The molecule has 0 bridgehead atoms. The van der Waals surface area contributed by atoms with E-state index in [2.05, 4.69) is 15.3 Å². The van der Waals surface area contributed by atoms with Crippen LogP contribution in [0.4, 0.5) is 5.69 Å². The van der Waals surface area contributed by atoms with Gasteiger partial charge in [-0.25, -0.2) is 4.98 Å². The zero-order chi connectivity index (χ0) is 18.1. The molecule has 0 aliphatic carbocycles. The van der Waals surface area contributed by atoms with Crippen LogP contribution in [-0.4, -0.2) is 21.7 Å². The Balaban J connectivity index is 1.61. The molecular formula is C20H15N3O3. The van der Waals surface area contributed by atoms with Crippen molar-refractivity contribution in [3.8, 4) is 11.3 Å². The molecule has 0 radical (unpaired) electrons. The molecule has 0 atom stereocenters. The van der Waals surface area contributed by atoms with Gasteiger partial charge in [0.1, 0.15) is 0 Å². The van der Waals surface area contributed by atoms with Gasteiger partial charge >= 0.3 is 0 Å². The lowest BCUT2D eigenvalue weighted by Gasteiger charge is -2.06. The molecule has 26 heavy (non-hydrogen) atoms. The van der Waals surface area contributed by atoms with Crippen LogP contribution in [0.25, 0.3) is 22.2 Å². The number of aryl methyl sites for hydroxylation is 1. The number of carbonyl (C=O) groups excluding carboxylic acids is 2. The average molecular weight is 345 g/mol. The maximum Gasteiger partial charge on any atom is 0.296 e. The monoisotopic (exact) mass is 345 g/mol. The number of benzene rings is 2. The van der Waals surface area contributed by atoms with E-state index in [1.165, 1.54) is 6.39 Å². The van der Waals surface area contributed by atoms with Crippen LogP contribution in [0.1, 0.15) is 16.1 Å². The standard InChI is InChI=1S/C20H15N3O3/c1-12-18(15-7-2-3-8-16(15)22-12)19(24)20(25)23-14-6-4-5-13(9-14)17-10-21-11-26-17/h2-11,22H,1H3,(H,23,25). The number of hydrogen-bond donors (Lipinski definition) is 2. The lowest BCUT2D eigenvalue weighted by Crippen LogP contribution is -2.23. The molecule has 0 aliphatic heterocycles. The molecule has 0 fully saturated rings. The number of fused-ring (bicyclic) bond motifs is 1. The molecule has 128 valence electrons. The van der Waals surface area contributed by atoms with Crippen LogP contribution < -0.4 is 5.32 Å². The van der Waals surface area contributed by atoms with Gasteiger partial charge in [0.15, 0.2) is 12.2 Å². The van der Waals surface area contributed by atoms with Gasteiger partial charge in [-0.15, -0.1) is 0 Å². The number of H-pyrrole nitrogens is 1. The number of carbonyl (C=O) groups is 2. The Morgan fingerprint density at radius 2 is 1.96 bits per heavy atom. The van der Waals surface area contributed by atoms with E-state index in [4.69, 9.17) is 4.42 Å². The molecule has 0 unspecified atom stereocenters. The lowest BCUT2D eigenvalue weighted by atomic mass is 10.1. The summed E-state index contributed by atoms with van der Waals surface area (Å²) >= 11 is 0. The lowest BCUT2D eigenvalue weighted by molar-refractivity contribution is -0.112. The zero-order valence-corrected chi connectivity index (χ0v) is 13.9. The van der Waals surface area contributed by atoms with E-state index >= 15 is 0 Å².